The molecule has 0 bridgehead atoms. The summed E-state index contributed by atoms with van der Waals surface area (Å²) in [6.07, 6.45) is 1.69. The quantitative estimate of drug-likeness (QED) is 0.580. The van der Waals surface area contributed by atoms with Crippen molar-refractivity contribution in [2.45, 2.75) is 33.1 Å². The van der Waals surface area contributed by atoms with Crippen LogP contribution in [0.25, 0.3) is 5.69 Å². The van der Waals surface area contributed by atoms with Gasteiger partial charge in [-0.3, -0.25) is 5.32 Å². The molecule has 0 aliphatic carbocycles. The molecule has 1 aromatic carbocycles. The largest absolute Gasteiger partial charge is 0.354 e. The Balaban J connectivity index is 1.49. The van der Waals surface area contributed by atoms with Crippen molar-refractivity contribution >= 4 is 23.4 Å². The van der Waals surface area contributed by atoms with E-state index in [9.17, 15) is 4.79 Å². The van der Waals surface area contributed by atoms with Crippen LogP contribution in [-0.4, -0.2) is 47.0 Å². The number of carbonyl (C=O) groups is 1. The lowest BCUT2D eigenvalue weighted by Gasteiger charge is -2.28. The number of rotatable bonds is 4. The number of aromatic nitrogens is 3. The maximum atomic E-state index is 12.8. The molecule has 3 N–H and O–H groups in total. The fourth-order valence-electron chi connectivity index (χ4n) is 3.54. The minimum atomic E-state index is -0.338. The van der Waals surface area contributed by atoms with E-state index in [1.807, 2.05) is 49.4 Å². The fraction of sp³-hybridized carbons (Fsp3) is 0.375. The summed E-state index contributed by atoms with van der Waals surface area (Å²) in [4.78, 5) is 19.5. The Labute approximate surface area is 189 Å². The molecule has 3 heterocycles. The van der Waals surface area contributed by atoms with Crippen LogP contribution in [0, 0.1) is 6.92 Å². The normalized spacial score (nSPS) is 14.3. The fourth-order valence-corrected chi connectivity index (χ4v) is 3.54. The summed E-state index contributed by atoms with van der Waals surface area (Å²) in [6, 6.07) is 13.5. The topological polar surface area (TPSA) is 87.1 Å². The summed E-state index contributed by atoms with van der Waals surface area (Å²) < 4.78 is 1.77. The lowest BCUT2D eigenvalue weighted by Crippen LogP contribution is -2.43. The standard InChI is InChI=1S/C24H31N7O/c1-17-5-8-19(9-6-17)31-22(15-20(29-31)24(2,3)4)28-23(32)27-18-7-10-21(26-16-18)30-13-11-25-12-14-30/h5-10,15-16,25H,11-14H2,1-4H3,(H2,27,28,32). The van der Waals surface area contributed by atoms with Crippen LogP contribution in [0.2, 0.25) is 0 Å². The van der Waals surface area contributed by atoms with Gasteiger partial charge < -0.3 is 15.5 Å². The van der Waals surface area contributed by atoms with Crippen LogP contribution in [0.4, 0.5) is 22.1 Å². The second-order valence-electron chi connectivity index (χ2n) is 9.13. The van der Waals surface area contributed by atoms with Crippen LogP contribution >= 0.6 is 0 Å². The van der Waals surface area contributed by atoms with Gasteiger partial charge in [0.05, 0.1) is 23.3 Å². The molecule has 3 aromatic rings. The number of amides is 2. The predicted octanol–water partition coefficient (Wildman–Crippen LogP) is 3.93. The third-order valence-corrected chi connectivity index (χ3v) is 5.44. The van der Waals surface area contributed by atoms with Crippen LogP contribution in [0.3, 0.4) is 0 Å². The minimum Gasteiger partial charge on any atom is -0.354 e. The molecule has 1 aliphatic heterocycles. The third kappa shape index (κ3) is 5.08. The van der Waals surface area contributed by atoms with Crippen LogP contribution in [0.5, 0.6) is 0 Å². The van der Waals surface area contributed by atoms with E-state index in [-0.39, 0.29) is 11.4 Å². The van der Waals surface area contributed by atoms with Crippen molar-refractivity contribution in [3.05, 3.63) is 59.9 Å². The lowest BCUT2D eigenvalue weighted by molar-refractivity contribution is 0.262. The maximum absolute atomic E-state index is 12.8. The molecule has 8 heteroatoms. The number of piperazine rings is 1. The van der Waals surface area contributed by atoms with Gasteiger partial charge in [-0.2, -0.15) is 5.10 Å². The van der Waals surface area contributed by atoms with Gasteiger partial charge in [0.2, 0.25) is 0 Å². The molecule has 0 radical (unpaired) electrons. The average Bonchev–Trinajstić information content (AvgIpc) is 3.19. The summed E-state index contributed by atoms with van der Waals surface area (Å²) in [5.41, 5.74) is 3.45. The van der Waals surface area contributed by atoms with Gasteiger partial charge in [-0.25, -0.2) is 14.5 Å². The van der Waals surface area contributed by atoms with Crippen LogP contribution in [0.1, 0.15) is 32.0 Å². The first-order chi connectivity index (χ1) is 15.3. The van der Waals surface area contributed by atoms with Gasteiger partial charge in [0.1, 0.15) is 11.6 Å². The number of carbonyl (C=O) groups excluding carboxylic acids is 1. The number of nitrogens with one attached hydrogen (secondary N) is 3. The molecule has 1 aliphatic rings. The number of nitrogens with zero attached hydrogens (tertiary/aromatic N) is 4. The zero-order chi connectivity index (χ0) is 22.7. The number of hydrogen-bond acceptors (Lipinski definition) is 5. The van der Waals surface area contributed by atoms with E-state index in [4.69, 9.17) is 5.10 Å². The molecule has 1 fully saturated rings. The Morgan fingerprint density at radius 1 is 1.03 bits per heavy atom. The van der Waals surface area contributed by atoms with Gasteiger partial charge in [0, 0.05) is 37.7 Å². The highest BCUT2D eigenvalue weighted by Crippen LogP contribution is 2.26. The van der Waals surface area contributed by atoms with E-state index in [0.717, 1.165) is 43.4 Å². The first kappa shape index (κ1) is 21.8. The monoisotopic (exact) mass is 433 g/mol. The number of benzene rings is 1. The van der Waals surface area contributed by atoms with E-state index in [1.54, 1.807) is 10.9 Å². The molecular formula is C24H31N7O. The molecule has 0 unspecified atom stereocenters. The Kier molecular flexibility index (Phi) is 6.14. The molecule has 8 nitrogen and oxygen atoms in total. The van der Waals surface area contributed by atoms with Crippen molar-refractivity contribution < 1.29 is 4.79 Å². The average molecular weight is 434 g/mol. The summed E-state index contributed by atoms with van der Waals surface area (Å²) in [7, 11) is 0. The van der Waals surface area contributed by atoms with Crippen molar-refractivity contribution in [1.82, 2.24) is 20.1 Å². The number of aryl methyl sites for hydroxylation is 1. The molecule has 4 rings (SSSR count). The van der Waals surface area contributed by atoms with Crippen LogP contribution < -0.4 is 20.9 Å². The number of urea groups is 1. The lowest BCUT2D eigenvalue weighted by atomic mass is 9.92. The zero-order valence-corrected chi connectivity index (χ0v) is 19.1. The third-order valence-electron chi connectivity index (χ3n) is 5.44. The molecule has 0 spiro atoms. The van der Waals surface area contributed by atoms with E-state index in [0.29, 0.717) is 11.5 Å². The van der Waals surface area contributed by atoms with Crippen molar-refractivity contribution in [2.75, 3.05) is 41.7 Å². The Morgan fingerprint density at radius 3 is 2.38 bits per heavy atom. The van der Waals surface area contributed by atoms with E-state index >= 15 is 0 Å². The molecule has 168 valence electrons. The first-order valence-corrected chi connectivity index (χ1v) is 11.0. The molecule has 2 aromatic heterocycles. The number of pyridine rings is 1. The second-order valence-corrected chi connectivity index (χ2v) is 9.13. The molecule has 32 heavy (non-hydrogen) atoms. The van der Waals surface area contributed by atoms with Gasteiger partial charge in [-0.15, -0.1) is 0 Å². The Bertz CT molecular complexity index is 1060. The highest BCUT2D eigenvalue weighted by atomic mass is 16.2. The van der Waals surface area contributed by atoms with E-state index in [2.05, 4.69) is 46.6 Å². The number of anilines is 3. The van der Waals surface area contributed by atoms with Gasteiger partial charge in [-0.1, -0.05) is 38.5 Å². The van der Waals surface area contributed by atoms with Gasteiger partial charge in [0.15, 0.2) is 0 Å². The van der Waals surface area contributed by atoms with Gasteiger partial charge >= 0.3 is 6.03 Å². The van der Waals surface area contributed by atoms with E-state index < -0.39 is 0 Å². The van der Waals surface area contributed by atoms with Gasteiger partial charge in [-0.05, 0) is 31.2 Å². The summed E-state index contributed by atoms with van der Waals surface area (Å²) in [6.45, 7) is 12.1. The molecule has 1 saturated heterocycles. The Morgan fingerprint density at radius 2 is 1.75 bits per heavy atom. The van der Waals surface area contributed by atoms with Crippen molar-refractivity contribution in [1.29, 1.82) is 0 Å². The first-order valence-electron chi connectivity index (χ1n) is 11.0. The molecule has 0 atom stereocenters. The highest BCUT2D eigenvalue weighted by molar-refractivity contribution is 5.99. The summed E-state index contributed by atoms with van der Waals surface area (Å²) in [5.74, 6) is 1.53. The molecular weight excluding hydrogens is 402 g/mol. The summed E-state index contributed by atoms with van der Waals surface area (Å²) in [5, 5.41) is 13.9. The minimum absolute atomic E-state index is 0.146. The van der Waals surface area contributed by atoms with E-state index in [1.165, 1.54) is 5.56 Å². The molecule has 0 saturated carbocycles. The van der Waals surface area contributed by atoms with Crippen LogP contribution in [-0.2, 0) is 5.41 Å². The summed E-state index contributed by atoms with van der Waals surface area (Å²) >= 11 is 0. The van der Waals surface area contributed by atoms with Crippen molar-refractivity contribution in [2.24, 2.45) is 0 Å². The Hall–Kier alpha value is -3.39. The predicted molar refractivity (Wildman–Crippen MR) is 129 cm³/mol. The van der Waals surface area contributed by atoms with Crippen molar-refractivity contribution in [3.63, 3.8) is 0 Å². The van der Waals surface area contributed by atoms with Crippen LogP contribution in [0.15, 0.2) is 48.7 Å². The highest BCUT2D eigenvalue weighted by Gasteiger charge is 2.21. The second kappa shape index (κ2) is 9.00. The van der Waals surface area contributed by atoms with Crippen molar-refractivity contribution in [3.8, 4) is 5.69 Å². The zero-order valence-electron chi connectivity index (χ0n) is 19.1. The maximum Gasteiger partial charge on any atom is 0.324 e. The smallest absolute Gasteiger partial charge is 0.324 e. The molecule has 2 amide bonds. The number of hydrogen-bond donors (Lipinski definition) is 3. The van der Waals surface area contributed by atoms with Gasteiger partial charge in [0.25, 0.3) is 0 Å². The SMILES string of the molecule is Cc1ccc(-n2nc(C(C)(C)C)cc2NC(=O)Nc2ccc(N3CCNCC3)nc2)cc1.